The van der Waals surface area contributed by atoms with E-state index in [1.807, 2.05) is 38.1 Å². The van der Waals surface area contributed by atoms with Crippen molar-refractivity contribution >= 4 is 40.4 Å². The Morgan fingerprint density at radius 1 is 0.978 bits per heavy atom. The van der Waals surface area contributed by atoms with Crippen LogP contribution in [-0.4, -0.2) is 42.3 Å². The Morgan fingerprint density at radius 3 is 2.16 bits per heavy atom. The molecule has 0 unspecified atom stereocenters. The van der Waals surface area contributed by atoms with Gasteiger partial charge in [-0.1, -0.05) is 78.3 Å². The van der Waals surface area contributed by atoms with Crippen LogP contribution in [0.15, 0.2) is 77.4 Å². The highest BCUT2D eigenvalue weighted by atomic mass is 79.9. The quantitative estimate of drug-likeness (QED) is 0.137. The summed E-state index contributed by atoms with van der Waals surface area (Å²) in [4.78, 5) is 19.6. The summed E-state index contributed by atoms with van der Waals surface area (Å²) in [7, 11) is -4.82. The third-order valence-electron chi connectivity index (χ3n) is 7.66. The first-order valence-corrected chi connectivity index (χ1v) is 17.3. The number of nitrogens with zero attached hydrogens (tertiary/aromatic N) is 2. The van der Waals surface area contributed by atoms with Gasteiger partial charge < -0.3 is 18.7 Å². The normalized spacial score (nSPS) is 13.2. The molecule has 1 aromatic heterocycles. The second kappa shape index (κ2) is 13.7. The van der Waals surface area contributed by atoms with Gasteiger partial charge in [-0.25, -0.2) is 4.79 Å². The third kappa shape index (κ3) is 6.70. The standard InChI is InChI=1S/C34H36BrF2N2O5P/c1-5-43-45(41,44-6-2)34(36,37)31-16-23-15-25(38-18-24(23)17-32(31)35)20-39(19-22(3)4)33(40)42-21-30-28-13-9-7-11-26(28)27-12-8-10-14-29(27)30/h7-18,22,30H,5-6,19-21H2,1-4H3. The van der Waals surface area contributed by atoms with Gasteiger partial charge >= 0.3 is 19.4 Å². The van der Waals surface area contributed by atoms with Crippen LogP contribution >= 0.6 is 23.5 Å². The molecule has 0 fully saturated rings. The first kappa shape index (κ1) is 33.2. The van der Waals surface area contributed by atoms with E-state index in [1.54, 1.807) is 17.2 Å². The van der Waals surface area contributed by atoms with Gasteiger partial charge in [0.1, 0.15) is 6.61 Å². The predicted molar refractivity (Wildman–Crippen MR) is 175 cm³/mol. The Balaban J connectivity index is 1.39. The van der Waals surface area contributed by atoms with Gasteiger partial charge in [-0.3, -0.25) is 9.55 Å². The smallest absolute Gasteiger partial charge is 0.410 e. The fraction of sp³-hybridized carbons (Fsp3) is 0.353. The van der Waals surface area contributed by atoms with Gasteiger partial charge in [0.25, 0.3) is 0 Å². The van der Waals surface area contributed by atoms with Crippen LogP contribution in [0, 0.1) is 5.92 Å². The molecule has 1 heterocycles. The largest absolute Gasteiger partial charge is 0.448 e. The zero-order chi connectivity index (χ0) is 32.4. The molecule has 0 atom stereocenters. The average molecular weight is 702 g/mol. The number of ether oxygens (including phenoxy) is 1. The van der Waals surface area contributed by atoms with Crippen LogP contribution in [0.4, 0.5) is 13.6 Å². The van der Waals surface area contributed by atoms with Gasteiger partial charge in [0.2, 0.25) is 0 Å². The summed E-state index contributed by atoms with van der Waals surface area (Å²) in [5.41, 5.74) is 0.581. The monoisotopic (exact) mass is 700 g/mol. The van der Waals surface area contributed by atoms with Crippen LogP contribution in [0.25, 0.3) is 21.9 Å². The first-order chi connectivity index (χ1) is 21.5. The summed E-state index contributed by atoms with van der Waals surface area (Å²) in [5, 5.41) is 1.03. The second-order valence-electron chi connectivity index (χ2n) is 11.3. The SMILES string of the molecule is CCOP(=O)(OCC)C(F)(F)c1cc2cc(CN(CC(C)C)C(=O)OCC3c4ccccc4-c4ccccc43)ncc2cc1Br. The van der Waals surface area contributed by atoms with Gasteiger partial charge in [-0.05, 0) is 65.6 Å². The molecule has 4 aromatic rings. The highest BCUT2D eigenvalue weighted by Gasteiger charge is 2.55. The van der Waals surface area contributed by atoms with Crippen LogP contribution in [0.5, 0.6) is 0 Å². The number of carbonyl (C=O) groups is 1. The number of pyridine rings is 1. The lowest BCUT2D eigenvalue weighted by Crippen LogP contribution is -2.35. The van der Waals surface area contributed by atoms with Crippen LogP contribution in [0.2, 0.25) is 0 Å². The Labute approximate surface area is 270 Å². The minimum absolute atomic E-state index is 0.0502. The number of hydrogen-bond acceptors (Lipinski definition) is 6. The minimum atomic E-state index is -4.82. The summed E-state index contributed by atoms with van der Waals surface area (Å²) in [6.45, 7) is 7.26. The molecule has 0 aliphatic heterocycles. The van der Waals surface area contributed by atoms with E-state index in [2.05, 4.69) is 45.2 Å². The molecule has 0 bridgehead atoms. The van der Waals surface area contributed by atoms with E-state index < -0.39 is 24.9 Å². The molecule has 5 rings (SSSR count). The summed E-state index contributed by atoms with van der Waals surface area (Å²) in [6.07, 6.45) is 1.08. The first-order valence-electron chi connectivity index (χ1n) is 14.9. The number of fused-ring (bicyclic) bond motifs is 4. The fourth-order valence-electron chi connectivity index (χ4n) is 5.74. The summed E-state index contributed by atoms with van der Waals surface area (Å²) in [6, 6.07) is 20.7. The van der Waals surface area contributed by atoms with Crippen molar-refractivity contribution in [3.63, 3.8) is 0 Å². The van der Waals surface area contributed by atoms with Crippen molar-refractivity contribution in [2.45, 2.75) is 45.8 Å². The summed E-state index contributed by atoms with van der Waals surface area (Å²) < 4.78 is 60.5. The highest BCUT2D eigenvalue weighted by Crippen LogP contribution is 2.67. The lowest BCUT2D eigenvalue weighted by atomic mass is 9.98. The molecule has 1 amide bonds. The predicted octanol–water partition coefficient (Wildman–Crippen LogP) is 9.72. The number of rotatable bonds is 12. The zero-order valence-electron chi connectivity index (χ0n) is 25.6. The molecule has 0 N–H and O–H groups in total. The molecule has 1 aliphatic rings. The maximum absolute atomic E-state index is 15.7. The van der Waals surface area contributed by atoms with Crippen LogP contribution in [0.1, 0.15) is 56.0 Å². The molecular formula is C34H36BrF2N2O5P. The van der Waals surface area contributed by atoms with Crippen molar-refractivity contribution in [3.8, 4) is 11.1 Å². The minimum Gasteiger partial charge on any atom is -0.448 e. The van der Waals surface area contributed by atoms with E-state index in [0.29, 0.717) is 23.0 Å². The molecule has 0 saturated heterocycles. The van der Waals surface area contributed by atoms with E-state index >= 15 is 8.78 Å². The van der Waals surface area contributed by atoms with Gasteiger partial charge in [0, 0.05) is 34.1 Å². The second-order valence-corrected chi connectivity index (χ2v) is 14.2. The Hall–Kier alpha value is -3.17. The lowest BCUT2D eigenvalue weighted by molar-refractivity contribution is 0.0356. The molecule has 238 valence electrons. The molecule has 45 heavy (non-hydrogen) atoms. The van der Waals surface area contributed by atoms with E-state index in [-0.39, 0.29) is 42.7 Å². The topological polar surface area (TPSA) is 78.0 Å². The van der Waals surface area contributed by atoms with E-state index in [4.69, 9.17) is 13.8 Å². The molecule has 7 nitrogen and oxygen atoms in total. The maximum atomic E-state index is 15.7. The number of halogens is 3. The molecule has 0 spiro atoms. The molecule has 11 heteroatoms. The van der Waals surface area contributed by atoms with E-state index in [1.165, 1.54) is 26.0 Å². The van der Waals surface area contributed by atoms with Crippen molar-refractivity contribution in [2.24, 2.45) is 5.92 Å². The Bertz CT molecular complexity index is 1700. The van der Waals surface area contributed by atoms with E-state index in [0.717, 1.165) is 22.3 Å². The van der Waals surface area contributed by atoms with Gasteiger partial charge in [0.05, 0.1) is 25.5 Å². The third-order valence-corrected chi connectivity index (χ3v) is 10.4. The van der Waals surface area contributed by atoms with Gasteiger partial charge in [-0.2, -0.15) is 8.78 Å². The Morgan fingerprint density at radius 2 is 1.58 bits per heavy atom. The van der Waals surface area contributed by atoms with Crippen molar-refractivity contribution in [2.75, 3.05) is 26.4 Å². The summed E-state index contributed by atoms with van der Waals surface area (Å²) >= 11 is 3.21. The molecule has 1 aliphatic carbocycles. The number of alkyl halides is 2. The highest BCUT2D eigenvalue weighted by molar-refractivity contribution is 9.10. The molecule has 0 radical (unpaired) electrons. The number of benzene rings is 3. The number of hydrogen-bond donors (Lipinski definition) is 0. The Kier molecular flexibility index (Phi) is 10.1. The van der Waals surface area contributed by atoms with E-state index in [9.17, 15) is 9.36 Å². The molecular weight excluding hydrogens is 665 g/mol. The maximum Gasteiger partial charge on any atom is 0.410 e. The molecule has 3 aromatic carbocycles. The van der Waals surface area contributed by atoms with Crippen molar-refractivity contribution in [1.29, 1.82) is 0 Å². The number of aromatic nitrogens is 1. The summed E-state index contributed by atoms with van der Waals surface area (Å²) in [5.74, 6) is 0.0578. The van der Waals surface area contributed by atoms with Crippen LogP contribution in [0.3, 0.4) is 0 Å². The van der Waals surface area contributed by atoms with Gasteiger partial charge in [-0.15, -0.1) is 0 Å². The van der Waals surface area contributed by atoms with Crippen LogP contribution in [-0.2, 0) is 30.6 Å². The van der Waals surface area contributed by atoms with Crippen LogP contribution < -0.4 is 0 Å². The van der Waals surface area contributed by atoms with Crippen molar-refractivity contribution in [1.82, 2.24) is 9.88 Å². The lowest BCUT2D eigenvalue weighted by Gasteiger charge is -2.27. The molecule has 0 saturated carbocycles. The van der Waals surface area contributed by atoms with Gasteiger partial charge in [0.15, 0.2) is 0 Å². The zero-order valence-corrected chi connectivity index (χ0v) is 28.1. The van der Waals surface area contributed by atoms with Crippen molar-refractivity contribution < 1.29 is 31.9 Å². The average Bonchev–Trinajstić information content (AvgIpc) is 3.32. The van der Waals surface area contributed by atoms with Crippen molar-refractivity contribution in [3.05, 3.63) is 99.8 Å². The number of carbonyl (C=O) groups excluding carboxylic acids is 1. The fourth-order valence-corrected chi connectivity index (χ4v) is 8.06. The number of amides is 1.